The van der Waals surface area contributed by atoms with Crippen LogP contribution < -0.4 is 16.4 Å². The van der Waals surface area contributed by atoms with Gasteiger partial charge in [0.05, 0.1) is 23.0 Å². The summed E-state index contributed by atoms with van der Waals surface area (Å²) >= 11 is 6.16. The zero-order valence-corrected chi connectivity index (χ0v) is 18.1. The zero-order chi connectivity index (χ0) is 23.8. The summed E-state index contributed by atoms with van der Waals surface area (Å²) in [6, 6.07) is 8.72. The van der Waals surface area contributed by atoms with Gasteiger partial charge in [0, 0.05) is 5.56 Å². The smallest absolute Gasteiger partial charge is 0.326 e. The Balaban J connectivity index is 2.17. The summed E-state index contributed by atoms with van der Waals surface area (Å²) in [5, 5.41) is 23.8. The highest BCUT2D eigenvalue weighted by atomic mass is 35.5. The van der Waals surface area contributed by atoms with E-state index in [9.17, 15) is 24.3 Å². The molecule has 0 aromatic heterocycles. The monoisotopic (exact) mass is 461 g/mol. The lowest BCUT2D eigenvalue weighted by molar-refractivity contribution is -0.140. The first-order chi connectivity index (χ1) is 15.1. The Morgan fingerprint density at radius 2 is 1.78 bits per heavy atom. The van der Waals surface area contributed by atoms with Gasteiger partial charge in [-0.2, -0.15) is 0 Å². The van der Waals surface area contributed by atoms with E-state index in [1.165, 1.54) is 24.3 Å². The number of carboxylic acids is 1. The number of nitrogens with one attached hydrogen (secondary N) is 2. The van der Waals surface area contributed by atoms with E-state index < -0.39 is 36.2 Å². The minimum atomic E-state index is -1.50. The van der Waals surface area contributed by atoms with Crippen LogP contribution in [0, 0.1) is 0 Å². The van der Waals surface area contributed by atoms with Crippen LogP contribution in [-0.4, -0.2) is 39.9 Å². The Morgan fingerprint density at radius 1 is 1.06 bits per heavy atom. The predicted octanol–water partition coefficient (Wildman–Crippen LogP) is 2.38. The lowest BCUT2D eigenvalue weighted by atomic mass is 10.0. The molecule has 32 heavy (non-hydrogen) atoms. The van der Waals surface area contributed by atoms with Gasteiger partial charge in [0.15, 0.2) is 0 Å². The molecular formula is C22H24ClN3O6. The maximum atomic E-state index is 12.7. The van der Waals surface area contributed by atoms with Gasteiger partial charge in [-0.1, -0.05) is 37.1 Å². The van der Waals surface area contributed by atoms with Crippen LogP contribution in [0.2, 0.25) is 5.02 Å². The van der Waals surface area contributed by atoms with Crippen molar-refractivity contribution in [1.29, 1.82) is 0 Å². The second-order valence-corrected chi connectivity index (χ2v) is 7.55. The van der Waals surface area contributed by atoms with E-state index in [1.807, 2.05) is 6.92 Å². The van der Waals surface area contributed by atoms with Crippen molar-refractivity contribution in [3.8, 4) is 5.75 Å². The molecule has 10 heteroatoms. The molecule has 0 heterocycles. The molecule has 6 N–H and O–H groups in total. The maximum Gasteiger partial charge on any atom is 0.326 e. The molecule has 0 aliphatic rings. The van der Waals surface area contributed by atoms with Gasteiger partial charge >= 0.3 is 5.97 Å². The molecule has 9 nitrogen and oxygen atoms in total. The molecular weight excluding hydrogens is 438 g/mol. The Labute approximate surface area is 189 Å². The normalized spacial score (nSPS) is 12.4. The Hall–Kier alpha value is -3.59. The van der Waals surface area contributed by atoms with Crippen molar-refractivity contribution in [1.82, 2.24) is 10.6 Å². The van der Waals surface area contributed by atoms with Gasteiger partial charge in [-0.25, -0.2) is 4.79 Å². The highest BCUT2D eigenvalue weighted by Crippen LogP contribution is 2.24. The molecule has 2 atom stereocenters. The van der Waals surface area contributed by atoms with Gasteiger partial charge in [0.1, 0.15) is 11.8 Å². The number of rotatable bonds is 10. The molecule has 0 saturated heterocycles. The fourth-order valence-corrected chi connectivity index (χ4v) is 3.34. The molecule has 1 unspecified atom stereocenters. The summed E-state index contributed by atoms with van der Waals surface area (Å²) in [4.78, 5) is 47.3. The van der Waals surface area contributed by atoms with Crippen molar-refractivity contribution in [2.45, 2.75) is 38.3 Å². The molecule has 2 aromatic rings. The highest BCUT2D eigenvalue weighted by Gasteiger charge is 2.24. The summed E-state index contributed by atoms with van der Waals surface area (Å²) < 4.78 is 0. The number of nitrogens with two attached hydrogens (primary N) is 1. The van der Waals surface area contributed by atoms with Crippen LogP contribution in [-0.2, 0) is 9.59 Å². The average Bonchev–Trinajstić information content (AvgIpc) is 2.72. The zero-order valence-electron chi connectivity index (χ0n) is 17.3. The second-order valence-electron chi connectivity index (χ2n) is 7.14. The number of benzene rings is 2. The predicted molar refractivity (Wildman–Crippen MR) is 117 cm³/mol. The fraction of sp³-hybridized carbons (Fsp3) is 0.273. The number of amides is 3. The number of carboxylic acid groups (broad SMARTS) is 1. The summed E-state index contributed by atoms with van der Waals surface area (Å²) in [7, 11) is 0. The van der Waals surface area contributed by atoms with E-state index in [4.69, 9.17) is 22.4 Å². The minimum Gasteiger partial charge on any atom is -0.508 e. The fourth-order valence-electron chi connectivity index (χ4n) is 3.07. The third kappa shape index (κ3) is 6.71. The van der Waals surface area contributed by atoms with Crippen LogP contribution in [0.25, 0.3) is 0 Å². The molecule has 2 rings (SSSR count). The minimum absolute atomic E-state index is 0.0583. The first-order valence-electron chi connectivity index (χ1n) is 9.83. The molecule has 0 fully saturated rings. The van der Waals surface area contributed by atoms with Crippen LogP contribution in [0.3, 0.4) is 0 Å². The van der Waals surface area contributed by atoms with E-state index in [-0.39, 0.29) is 27.9 Å². The Morgan fingerprint density at radius 3 is 2.34 bits per heavy atom. The number of aromatic hydroxyl groups is 1. The molecule has 0 aliphatic heterocycles. The van der Waals surface area contributed by atoms with E-state index in [0.717, 1.165) is 12.0 Å². The summed E-state index contributed by atoms with van der Waals surface area (Å²) in [5.74, 6) is -3.47. The van der Waals surface area contributed by atoms with Crippen LogP contribution in [0.1, 0.15) is 58.5 Å². The number of phenols is 1. The number of carbonyl (C=O) groups excluding carboxylic acids is 3. The van der Waals surface area contributed by atoms with Gasteiger partial charge < -0.3 is 26.6 Å². The van der Waals surface area contributed by atoms with Crippen molar-refractivity contribution in [2.75, 3.05) is 0 Å². The van der Waals surface area contributed by atoms with Gasteiger partial charge in [0.25, 0.3) is 11.8 Å². The van der Waals surface area contributed by atoms with E-state index in [0.29, 0.717) is 6.42 Å². The van der Waals surface area contributed by atoms with Crippen molar-refractivity contribution in [3.05, 3.63) is 64.2 Å². The lowest BCUT2D eigenvalue weighted by Gasteiger charge is -2.19. The molecule has 2 aromatic carbocycles. The number of primary amides is 1. The molecule has 0 saturated carbocycles. The Kier molecular flexibility index (Phi) is 8.60. The lowest BCUT2D eigenvalue weighted by Crippen LogP contribution is -2.43. The molecule has 0 bridgehead atoms. The average molecular weight is 462 g/mol. The Bertz CT molecular complexity index is 1030. The topological polar surface area (TPSA) is 159 Å². The van der Waals surface area contributed by atoms with Gasteiger partial charge in [-0.15, -0.1) is 0 Å². The van der Waals surface area contributed by atoms with Crippen molar-refractivity contribution in [3.63, 3.8) is 0 Å². The third-order valence-corrected chi connectivity index (χ3v) is 4.95. The number of phenolic OH excluding ortho intramolecular Hbond substituents is 1. The van der Waals surface area contributed by atoms with Crippen LogP contribution in [0.4, 0.5) is 0 Å². The quantitative estimate of drug-likeness (QED) is 0.365. The summed E-state index contributed by atoms with van der Waals surface area (Å²) in [6.07, 6.45) is 0.851. The number of aliphatic carboxylic acids is 1. The number of halogens is 1. The van der Waals surface area contributed by atoms with E-state index in [2.05, 4.69) is 10.6 Å². The van der Waals surface area contributed by atoms with Gasteiger partial charge in [-0.3, -0.25) is 14.4 Å². The summed E-state index contributed by atoms with van der Waals surface area (Å²) in [5.41, 5.74) is 5.88. The molecule has 0 radical (unpaired) electrons. The maximum absolute atomic E-state index is 12.7. The van der Waals surface area contributed by atoms with Crippen LogP contribution in [0.15, 0.2) is 42.5 Å². The van der Waals surface area contributed by atoms with Crippen LogP contribution >= 0.6 is 11.6 Å². The molecule has 0 aliphatic carbocycles. The van der Waals surface area contributed by atoms with Gasteiger partial charge in [0.2, 0.25) is 5.91 Å². The number of carbonyl (C=O) groups is 4. The SMILES string of the molecule is CCCC(NC(=O)c1ccc(C(=O)N[C@@H](CC(N)=O)C(=O)O)c(Cl)c1)c1cccc(O)c1. The molecule has 170 valence electrons. The van der Waals surface area contributed by atoms with Crippen molar-refractivity contribution < 1.29 is 29.4 Å². The standard InChI is InChI=1S/C22H24ClN3O6/c1-2-4-17(12-5-3-6-14(27)9-12)25-20(29)13-7-8-15(16(23)10-13)21(30)26-18(22(31)32)11-19(24)28/h3,5-10,17-18,27H,2,4,11H2,1H3,(H2,24,28)(H,25,29)(H,26,30)(H,31,32)/t17?,18-/m0/s1. The first kappa shape index (κ1) is 24.7. The second kappa shape index (κ2) is 11.1. The molecule has 3 amide bonds. The van der Waals surface area contributed by atoms with Crippen molar-refractivity contribution in [2.24, 2.45) is 5.73 Å². The van der Waals surface area contributed by atoms with Gasteiger partial charge in [-0.05, 0) is 42.3 Å². The molecule has 0 spiro atoms. The van der Waals surface area contributed by atoms with E-state index >= 15 is 0 Å². The third-order valence-electron chi connectivity index (χ3n) is 4.64. The van der Waals surface area contributed by atoms with E-state index in [1.54, 1.807) is 18.2 Å². The summed E-state index contributed by atoms with van der Waals surface area (Å²) in [6.45, 7) is 1.97. The highest BCUT2D eigenvalue weighted by molar-refractivity contribution is 6.34. The van der Waals surface area contributed by atoms with Crippen molar-refractivity contribution >= 4 is 35.3 Å². The first-order valence-corrected chi connectivity index (χ1v) is 10.2. The largest absolute Gasteiger partial charge is 0.508 e. The number of hydrogen-bond donors (Lipinski definition) is 5. The number of hydrogen-bond acceptors (Lipinski definition) is 5. The van der Waals surface area contributed by atoms with Crippen LogP contribution in [0.5, 0.6) is 5.75 Å².